The third-order valence-electron chi connectivity index (χ3n) is 6.04. The highest BCUT2D eigenvalue weighted by Crippen LogP contribution is 2.49. The van der Waals surface area contributed by atoms with Crippen LogP contribution in [0.1, 0.15) is 18.5 Å². The molecule has 0 radical (unpaired) electrons. The number of carbonyl (C=O) groups excluding carboxylic acids is 2. The van der Waals surface area contributed by atoms with Gasteiger partial charge in [0.2, 0.25) is 5.91 Å². The lowest BCUT2D eigenvalue weighted by Crippen LogP contribution is -2.37. The molecular weight excluding hydrogens is 474 g/mol. The Morgan fingerprint density at radius 1 is 1.00 bits per heavy atom. The van der Waals surface area contributed by atoms with Crippen LogP contribution in [-0.2, 0) is 14.4 Å². The van der Waals surface area contributed by atoms with E-state index in [0.717, 1.165) is 4.90 Å². The van der Waals surface area contributed by atoms with E-state index >= 15 is 0 Å². The van der Waals surface area contributed by atoms with E-state index in [1.807, 2.05) is 13.0 Å². The van der Waals surface area contributed by atoms with Crippen molar-refractivity contribution in [3.05, 3.63) is 93.5 Å². The number of imide groups is 1. The summed E-state index contributed by atoms with van der Waals surface area (Å²) in [6.07, 6.45) is -1.12. The van der Waals surface area contributed by atoms with Gasteiger partial charge >= 0.3 is 0 Å². The number of hydrogen-bond acceptors (Lipinski definition) is 7. The molecular formula is C25H20ClN3O6. The average molecular weight is 494 g/mol. The Bertz CT molecular complexity index is 1300. The van der Waals surface area contributed by atoms with Crippen LogP contribution in [0.5, 0.6) is 5.75 Å². The van der Waals surface area contributed by atoms with Crippen LogP contribution < -0.4 is 14.7 Å². The number of hydrogen-bond donors (Lipinski definition) is 0. The Labute approximate surface area is 205 Å². The molecule has 3 aromatic rings. The molecule has 2 heterocycles. The standard InChI is InChI=1S/C25H20ClN3O6/c1-2-34-18-11-8-15(9-12-18)27-24(30)21-22(19-14-17(29(32)33)10-13-20(19)26)28(35-23(21)25(27)31)16-6-4-3-5-7-16/h3-14,21-23H,2H2,1H3/t21-,22+,23+/m1/s1. The summed E-state index contributed by atoms with van der Waals surface area (Å²) >= 11 is 6.48. The number of nitro groups is 1. The molecule has 3 atom stereocenters. The van der Waals surface area contributed by atoms with E-state index in [-0.39, 0.29) is 10.7 Å². The van der Waals surface area contributed by atoms with Gasteiger partial charge in [-0.1, -0.05) is 29.8 Å². The molecule has 2 saturated heterocycles. The summed E-state index contributed by atoms with van der Waals surface area (Å²) in [6.45, 7) is 2.34. The van der Waals surface area contributed by atoms with Gasteiger partial charge in [0.25, 0.3) is 11.6 Å². The molecule has 0 aromatic heterocycles. The van der Waals surface area contributed by atoms with Crippen LogP contribution in [0.15, 0.2) is 72.8 Å². The summed E-state index contributed by atoms with van der Waals surface area (Å²) in [4.78, 5) is 45.2. The number of ether oxygens (including phenoxy) is 1. The van der Waals surface area contributed by atoms with E-state index in [9.17, 15) is 19.7 Å². The van der Waals surface area contributed by atoms with Gasteiger partial charge in [-0.25, -0.2) is 9.96 Å². The van der Waals surface area contributed by atoms with Crippen molar-refractivity contribution >= 4 is 40.5 Å². The van der Waals surface area contributed by atoms with Gasteiger partial charge in [0, 0.05) is 22.7 Å². The number of fused-ring (bicyclic) bond motifs is 1. The Morgan fingerprint density at radius 2 is 1.71 bits per heavy atom. The van der Waals surface area contributed by atoms with Crippen molar-refractivity contribution in [3.8, 4) is 5.75 Å². The maximum atomic E-state index is 13.7. The largest absolute Gasteiger partial charge is 0.494 e. The summed E-state index contributed by atoms with van der Waals surface area (Å²) in [7, 11) is 0. The maximum absolute atomic E-state index is 13.7. The highest BCUT2D eigenvalue weighted by atomic mass is 35.5. The Morgan fingerprint density at radius 3 is 2.37 bits per heavy atom. The van der Waals surface area contributed by atoms with E-state index in [2.05, 4.69) is 0 Å². The topological polar surface area (TPSA) is 102 Å². The fourth-order valence-corrected chi connectivity index (χ4v) is 4.74. The lowest BCUT2D eigenvalue weighted by Gasteiger charge is -2.29. The van der Waals surface area contributed by atoms with E-state index < -0.39 is 34.8 Å². The average Bonchev–Trinajstić information content (AvgIpc) is 3.36. The van der Waals surface area contributed by atoms with E-state index in [4.69, 9.17) is 21.2 Å². The molecule has 0 unspecified atom stereocenters. The number of nitrogens with zero attached hydrogens (tertiary/aromatic N) is 3. The van der Waals surface area contributed by atoms with E-state index in [1.54, 1.807) is 48.5 Å². The second kappa shape index (κ2) is 9.01. The molecule has 0 aliphatic carbocycles. The number of benzene rings is 3. The van der Waals surface area contributed by atoms with Gasteiger partial charge in [-0.15, -0.1) is 0 Å². The molecule has 0 saturated carbocycles. The van der Waals surface area contributed by atoms with Crippen molar-refractivity contribution < 1.29 is 24.1 Å². The molecule has 2 aliphatic heterocycles. The van der Waals surface area contributed by atoms with Gasteiger partial charge in [-0.3, -0.25) is 24.5 Å². The highest BCUT2D eigenvalue weighted by molar-refractivity contribution is 6.31. The van der Waals surface area contributed by atoms with Crippen molar-refractivity contribution in [2.24, 2.45) is 5.92 Å². The van der Waals surface area contributed by atoms with Crippen LogP contribution in [0.3, 0.4) is 0 Å². The number of rotatable bonds is 6. The Balaban J connectivity index is 1.58. The molecule has 3 aromatic carbocycles. The third kappa shape index (κ3) is 3.88. The molecule has 2 fully saturated rings. The number of carbonyl (C=O) groups is 2. The molecule has 0 spiro atoms. The number of non-ortho nitro benzene ring substituents is 1. The van der Waals surface area contributed by atoms with Crippen molar-refractivity contribution in [2.45, 2.75) is 19.1 Å². The number of nitro benzene ring substituents is 1. The first kappa shape index (κ1) is 22.8. The Hall–Kier alpha value is -3.95. The molecule has 35 heavy (non-hydrogen) atoms. The fourth-order valence-electron chi connectivity index (χ4n) is 4.51. The molecule has 2 amide bonds. The molecule has 10 heteroatoms. The van der Waals surface area contributed by atoms with Crippen molar-refractivity contribution in [3.63, 3.8) is 0 Å². The first-order chi connectivity index (χ1) is 16.9. The zero-order chi connectivity index (χ0) is 24.7. The number of hydroxylamine groups is 1. The van der Waals surface area contributed by atoms with E-state index in [0.29, 0.717) is 29.3 Å². The first-order valence-electron chi connectivity index (χ1n) is 11.0. The van der Waals surface area contributed by atoms with E-state index in [1.165, 1.54) is 23.3 Å². The van der Waals surface area contributed by atoms with Crippen LogP contribution in [-0.4, -0.2) is 29.4 Å². The van der Waals surface area contributed by atoms with Crippen LogP contribution >= 0.6 is 11.6 Å². The number of halogens is 1. The summed E-state index contributed by atoms with van der Waals surface area (Å²) in [5.41, 5.74) is 1.12. The zero-order valence-electron chi connectivity index (χ0n) is 18.5. The number of anilines is 2. The number of para-hydroxylation sites is 1. The second-order valence-corrected chi connectivity index (χ2v) is 8.47. The highest BCUT2D eigenvalue weighted by Gasteiger charge is 2.60. The van der Waals surface area contributed by atoms with Crippen molar-refractivity contribution in [2.75, 3.05) is 16.6 Å². The Kier molecular flexibility index (Phi) is 5.88. The summed E-state index contributed by atoms with van der Waals surface area (Å²) in [6, 6.07) is 18.7. The maximum Gasteiger partial charge on any atom is 0.269 e. The molecule has 178 valence electrons. The van der Waals surface area contributed by atoms with Crippen LogP contribution in [0, 0.1) is 16.0 Å². The summed E-state index contributed by atoms with van der Waals surface area (Å²) < 4.78 is 5.44. The molecule has 0 bridgehead atoms. The van der Waals surface area contributed by atoms with Crippen molar-refractivity contribution in [1.82, 2.24) is 0 Å². The van der Waals surface area contributed by atoms with Crippen LogP contribution in [0.25, 0.3) is 0 Å². The van der Waals surface area contributed by atoms with Gasteiger partial charge in [0.1, 0.15) is 11.7 Å². The zero-order valence-corrected chi connectivity index (χ0v) is 19.3. The normalized spacial score (nSPS) is 21.4. The summed E-state index contributed by atoms with van der Waals surface area (Å²) in [5, 5.41) is 13.1. The summed E-state index contributed by atoms with van der Waals surface area (Å²) in [5.74, 6) is -1.35. The van der Waals surface area contributed by atoms with Crippen molar-refractivity contribution in [1.29, 1.82) is 0 Å². The van der Waals surface area contributed by atoms with Crippen LogP contribution in [0.2, 0.25) is 5.02 Å². The van der Waals surface area contributed by atoms with Crippen LogP contribution in [0.4, 0.5) is 17.1 Å². The minimum Gasteiger partial charge on any atom is -0.494 e. The molecule has 5 rings (SSSR count). The smallest absolute Gasteiger partial charge is 0.269 e. The molecule has 0 N–H and O–H groups in total. The predicted octanol–water partition coefficient (Wildman–Crippen LogP) is 4.70. The number of amides is 2. The van der Waals surface area contributed by atoms with Gasteiger partial charge in [-0.2, -0.15) is 0 Å². The van der Waals surface area contributed by atoms with Gasteiger partial charge in [-0.05, 0) is 49.4 Å². The third-order valence-corrected chi connectivity index (χ3v) is 6.39. The molecule has 9 nitrogen and oxygen atoms in total. The lowest BCUT2D eigenvalue weighted by molar-refractivity contribution is -0.384. The molecule has 2 aliphatic rings. The minimum absolute atomic E-state index is 0.180. The minimum atomic E-state index is -1.12. The monoisotopic (exact) mass is 493 g/mol. The van der Waals surface area contributed by atoms with Gasteiger partial charge in [0.05, 0.1) is 28.9 Å². The SMILES string of the molecule is CCOc1ccc(N2C(=O)[C@H]3[C@H](ON(c4ccccc4)[C@H]3c3cc([N+](=O)[O-])ccc3Cl)C2=O)cc1. The van der Waals surface area contributed by atoms with Gasteiger partial charge < -0.3 is 4.74 Å². The fraction of sp³-hybridized carbons (Fsp3) is 0.200. The lowest BCUT2D eigenvalue weighted by atomic mass is 9.90. The quantitative estimate of drug-likeness (QED) is 0.278. The van der Waals surface area contributed by atoms with Gasteiger partial charge in [0.15, 0.2) is 6.10 Å². The first-order valence-corrected chi connectivity index (χ1v) is 11.3. The predicted molar refractivity (Wildman–Crippen MR) is 128 cm³/mol. The second-order valence-electron chi connectivity index (χ2n) is 8.06.